The van der Waals surface area contributed by atoms with Crippen LogP contribution < -0.4 is 5.73 Å². The Balaban J connectivity index is 1.99. The predicted octanol–water partition coefficient (Wildman–Crippen LogP) is 1.61. The molecule has 0 spiro atoms. The van der Waals surface area contributed by atoms with Gasteiger partial charge in [0.2, 0.25) is 0 Å². The Morgan fingerprint density at radius 2 is 2.25 bits per heavy atom. The highest BCUT2D eigenvalue weighted by molar-refractivity contribution is 5.40. The first-order chi connectivity index (χ1) is 7.65. The van der Waals surface area contributed by atoms with E-state index in [0.29, 0.717) is 6.04 Å². The Hall–Kier alpha value is -1.06. The van der Waals surface area contributed by atoms with Gasteiger partial charge in [-0.1, -0.05) is 12.1 Å². The summed E-state index contributed by atoms with van der Waals surface area (Å²) in [6, 6.07) is 8.65. The number of aliphatic hydroxyl groups is 1. The quantitative estimate of drug-likeness (QED) is 0.741. The van der Waals surface area contributed by atoms with Crippen LogP contribution in [-0.4, -0.2) is 28.7 Å². The number of hydrogen-bond acceptors (Lipinski definition) is 3. The molecule has 1 fully saturated rings. The minimum absolute atomic E-state index is 0.262. The van der Waals surface area contributed by atoms with Gasteiger partial charge in [0.15, 0.2) is 0 Å². The first kappa shape index (κ1) is 11.4. The molecule has 0 saturated heterocycles. The van der Waals surface area contributed by atoms with Crippen molar-refractivity contribution in [2.24, 2.45) is 0 Å². The third kappa shape index (κ3) is 3.22. The fraction of sp³-hybridized carbons (Fsp3) is 0.538. The van der Waals surface area contributed by atoms with E-state index in [2.05, 4.69) is 11.0 Å². The lowest BCUT2D eigenvalue weighted by Gasteiger charge is -2.23. The Kier molecular flexibility index (Phi) is 3.46. The standard InChI is InChI=1S/C13H20N2O/c1-10(16)8-15(13-5-6-13)9-11-3-2-4-12(14)7-11/h2-4,7,10,13,16H,5-6,8-9,14H2,1H3. The van der Waals surface area contributed by atoms with Gasteiger partial charge >= 0.3 is 0 Å². The van der Waals surface area contributed by atoms with Gasteiger partial charge in [-0.15, -0.1) is 0 Å². The average molecular weight is 220 g/mol. The maximum Gasteiger partial charge on any atom is 0.0639 e. The van der Waals surface area contributed by atoms with Crippen molar-refractivity contribution < 1.29 is 5.11 Å². The number of rotatable bonds is 5. The smallest absolute Gasteiger partial charge is 0.0639 e. The van der Waals surface area contributed by atoms with Crippen molar-refractivity contribution >= 4 is 5.69 Å². The van der Waals surface area contributed by atoms with E-state index in [9.17, 15) is 5.11 Å². The molecule has 3 heteroatoms. The second-order valence-electron chi connectivity index (χ2n) is 4.75. The fourth-order valence-electron chi connectivity index (χ4n) is 2.05. The lowest BCUT2D eigenvalue weighted by Crippen LogP contribution is -2.32. The van der Waals surface area contributed by atoms with Gasteiger partial charge in [0.1, 0.15) is 0 Å². The number of hydrogen-bond donors (Lipinski definition) is 2. The number of benzene rings is 1. The highest BCUT2D eigenvalue weighted by Crippen LogP contribution is 2.28. The topological polar surface area (TPSA) is 49.5 Å². The molecule has 3 N–H and O–H groups in total. The maximum atomic E-state index is 9.47. The van der Waals surface area contributed by atoms with Gasteiger partial charge < -0.3 is 10.8 Å². The SMILES string of the molecule is CC(O)CN(Cc1cccc(N)c1)C1CC1. The first-order valence-electron chi connectivity index (χ1n) is 5.91. The molecule has 0 amide bonds. The van der Waals surface area contributed by atoms with E-state index in [1.54, 1.807) is 0 Å². The van der Waals surface area contributed by atoms with Crippen molar-refractivity contribution in [1.29, 1.82) is 0 Å². The van der Waals surface area contributed by atoms with E-state index >= 15 is 0 Å². The first-order valence-corrected chi connectivity index (χ1v) is 5.91. The normalized spacial score (nSPS) is 17.7. The van der Waals surface area contributed by atoms with Gasteiger partial charge in [0, 0.05) is 24.8 Å². The Morgan fingerprint density at radius 3 is 2.81 bits per heavy atom. The van der Waals surface area contributed by atoms with Crippen LogP contribution in [0.15, 0.2) is 24.3 Å². The summed E-state index contributed by atoms with van der Waals surface area (Å²) in [5.41, 5.74) is 7.80. The third-order valence-electron chi connectivity index (χ3n) is 2.90. The van der Waals surface area contributed by atoms with Crippen molar-refractivity contribution in [3.05, 3.63) is 29.8 Å². The van der Waals surface area contributed by atoms with Crippen LogP contribution in [0.4, 0.5) is 5.69 Å². The molecule has 1 aliphatic rings. The molecule has 0 aromatic heterocycles. The van der Waals surface area contributed by atoms with E-state index in [1.165, 1.54) is 18.4 Å². The summed E-state index contributed by atoms with van der Waals surface area (Å²) >= 11 is 0. The molecule has 1 saturated carbocycles. The summed E-state index contributed by atoms with van der Waals surface area (Å²) in [4.78, 5) is 2.35. The van der Waals surface area contributed by atoms with Crippen LogP contribution in [-0.2, 0) is 6.54 Å². The zero-order valence-electron chi connectivity index (χ0n) is 9.76. The summed E-state index contributed by atoms with van der Waals surface area (Å²) in [6.45, 7) is 3.48. The Morgan fingerprint density at radius 1 is 1.50 bits per heavy atom. The number of nitrogens with two attached hydrogens (primary N) is 1. The molecule has 1 aromatic rings. The summed E-state index contributed by atoms with van der Waals surface area (Å²) in [7, 11) is 0. The molecule has 0 aliphatic heterocycles. The molecule has 3 nitrogen and oxygen atoms in total. The van der Waals surface area contributed by atoms with Crippen LogP contribution in [0.25, 0.3) is 0 Å². The fourth-order valence-corrected chi connectivity index (χ4v) is 2.05. The molecule has 1 unspecified atom stereocenters. The van der Waals surface area contributed by atoms with Crippen molar-refractivity contribution in [2.45, 2.75) is 38.5 Å². The lowest BCUT2D eigenvalue weighted by atomic mass is 10.2. The van der Waals surface area contributed by atoms with Crippen LogP contribution in [0.5, 0.6) is 0 Å². The van der Waals surface area contributed by atoms with E-state index in [1.807, 2.05) is 25.1 Å². The zero-order valence-corrected chi connectivity index (χ0v) is 9.76. The molecule has 0 radical (unpaired) electrons. The molecule has 1 aromatic carbocycles. The van der Waals surface area contributed by atoms with Gasteiger partial charge in [-0.05, 0) is 37.5 Å². The van der Waals surface area contributed by atoms with Crippen LogP contribution in [0.1, 0.15) is 25.3 Å². The van der Waals surface area contributed by atoms with Crippen LogP contribution in [0, 0.1) is 0 Å². The summed E-state index contributed by atoms with van der Waals surface area (Å²) in [5, 5.41) is 9.47. The minimum atomic E-state index is -0.262. The molecule has 88 valence electrons. The molecule has 1 aliphatic carbocycles. The number of aliphatic hydroxyl groups excluding tert-OH is 1. The maximum absolute atomic E-state index is 9.47. The highest BCUT2D eigenvalue weighted by atomic mass is 16.3. The number of anilines is 1. The van der Waals surface area contributed by atoms with E-state index in [0.717, 1.165) is 18.8 Å². The summed E-state index contributed by atoms with van der Waals surface area (Å²) < 4.78 is 0. The molecular weight excluding hydrogens is 200 g/mol. The third-order valence-corrected chi connectivity index (χ3v) is 2.90. The predicted molar refractivity (Wildman–Crippen MR) is 66.0 cm³/mol. The zero-order chi connectivity index (χ0) is 11.5. The van der Waals surface area contributed by atoms with E-state index in [-0.39, 0.29) is 6.10 Å². The number of nitrogens with zero attached hydrogens (tertiary/aromatic N) is 1. The Bertz CT molecular complexity index is 348. The molecule has 16 heavy (non-hydrogen) atoms. The van der Waals surface area contributed by atoms with Gasteiger partial charge in [-0.3, -0.25) is 4.90 Å². The molecule has 0 bridgehead atoms. The van der Waals surface area contributed by atoms with Gasteiger partial charge in [0.25, 0.3) is 0 Å². The van der Waals surface area contributed by atoms with E-state index < -0.39 is 0 Å². The van der Waals surface area contributed by atoms with Crippen LogP contribution >= 0.6 is 0 Å². The van der Waals surface area contributed by atoms with Crippen molar-refractivity contribution in [3.8, 4) is 0 Å². The molecule has 2 rings (SSSR count). The van der Waals surface area contributed by atoms with Gasteiger partial charge in [0.05, 0.1) is 6.10 Å². The van der Waals surface area contributed by atoms with Crippen molar-refractivity contribution in [1.82, 2.24) is 4.90 Å². The second-order valence-corrected chi connectivity index (χ2v) is 4.75. The minimum Gasteiger partial charge on any atom is -0.399 e. The van der Waals surface area contributed by atoms with Gasteiger partial charge in [-0.25, -0.2) is 0 Å². The van der Waals surface area contributed by atoms with E-state index in [4.69, 9.17) is 5.73 Å². The molecule has 1 atom stereocenters. The van der Waals surface area contributed by atoms with Crippen molar-refractivity contribution in [2.75, 3.05) is 12.3 Å². The van der Waals surface area contributed by atoms with Gasteiger partial charge in [-0.2, -0.15) is 0 Å². The second kappa shape index (κ2) is 4.85. The van der Waals surface area contributed by atoms with Crippen molar-refractivity contribution in [3.63, 3.8) is 0 Å². The largest absolute Gasteiger partial charge is 0.399 e. The molecular formula is C13H20N2O. The number of nitrogen functional groups attached to an aromatic ring is 1. The van der Waals surface area contributed by atoms with Crippen LogP contribution in [0.2, 0.25) is 0 Å². The monoisotopic (exact) mass is 220 g/mol. The Labute approximate surface area is 96.9 Å². The highest BCUT2D eigenvalue weighted by Gasteiger charge is 2.29. The molecule has 0 heterocycles. The summed E-state index contributed by atoms with van der Waals surface area (Å²) in [5.74, 6) is 0. The summed E-state index contributed by atoms with van der Waals surface area (Å²) in [6.07, 6.45) is 2.26. The average Bonchev–Trinajstić information content (AvgIpc) is 2.99. The lowest BCUT2D eigenvalue weighted by molar-refractivity contribution is 0.117. The van der Waals surface area contributed by atoms with Crippen LogP contribution in [0.3, 0.4) is 0 Å².